The van der Waals surface area contributed by atoms with E-state index in [1.807, 2.05) is 0 Å². The molecule has 11 nitrogen and oxygen atoms in total. The molecular formula is C19H19ClN8O3. The molecule has 0 saturated carbocycles. The Bertz CT molecular complexity index is 1090. The van der Waals surface area contributed by atoms with Gasteiger partial charge in [0.25, 0.3) is 0 Å². The van der Waals surface area contributed by atoms with Gasteiger partial charge in [-0.1, -0.05) is 23.7 Å². The minimum atomic E-state index is -0.994. The molecule has 5 N–H and O–H groups in total. The molecule has 2 aromatic carbocycles. The summed E-state index contributed by atoms with van der Waals surface area (Å²) < 4.78 is 1.30. The highest BCUT2D eigenvalue weighted by molar-refractivity contribution is 6.40. The topological polar surface area (TPSA) is 157 Å². The molecule has 12 heteroatoms. The number of likely N-dealkylation sites (N-methyl/N-ethyl adjacent to an activating group) is 1. The van der Waals surface area contributed by atoms with E-state index in [0.29, 0.717) is 16.4 Å². The number of anilines is 2. The van der Waals surface area contributed by atoms with Gasteiger partial charge in [-0.3, -0.25) is 14.4 Å². The van der Waals surface area contributed by atoms with Gasteiger partial charge in [0.1, 0.15) is 12.4 Å². The number of nitrogens with one attached hydrogen (secondary N) is 3. The molecule has 0 aliphatic carbocycles. The first kappa shape index (κ1) is 21.7. The zero-order valence-corrected chi connectivity index (χ0v) is 17.1. The molecule has 1 aromatic heterocycles. The van der Waals surface area contributed by atoms with Crippen LogP contribution in [0, 0.1) is 0 Å². The van der Waals surface area contributed by atoms with Crippen molar-refractivity contribution in [3.63, 3.8) is 0 Å². The third kappa shape index (κ3) is 5.54. The van der Waals surface area contributed by atoms with E-state index in [1.54, 1.807) is 36.4 Å². The largest absolute Gasteiger partial charge is 0.399 e. The molecule has 0 spiro atoms. The lowest BCUT2D eigenvalue weighted by atomic mass is 10.0. The fourth-order valence-corrected chi connectivity index (χ4v) is 2.93. The number of nitrogens with two attached hydrogens (primary N) is 1. The first-order valence-electron chi connectivity index (χ1n) is 9.08. The van der Waals surface area contributed by atoms with Gasteiger partial charge in [-0.05, 0) is 46.3 Å². The highest BCUT2D eigenvalue weighted by Gasteiger charge is 2.24. The predicted octanol–water partition coefficient (Wildman–Crippen LogP) is 0.310. The van der Waals surface area contributed by atoms with Gasteiger partial charge in [0.2, 0.25) is 5.91 Å². The lowest BCUT2D eigenvalue weighted by Crippen LogP contribution is -2.50. The standard InChI is InChI=1S/C19H19ClN8O3/c1-22-17(29)15(8-11-2-5-13(21)6-3-11)25-19(31)18(30)24-14-9-12(20)4-7-16(14)28-10-23-26-27-28/h2-7,9-10,15H,8,21H2,1H3,(H,22,29)(H,24,30)(H,25,31)/t15-/m0/s1. The van der Waals surface area contributed by atoms with E-state index in [1.165, 1.54) is 24.1 Å². The fraction of sp³-hybridized carbons (Fsp3) is 0.158. The number of aromatic nitrogens is 4. The van der Waals surface area contributed by atoms with Gasteiger partial charge >= 0.3 is 11.8 Å². The van der Waals surface area contributed by atoms with Crippen LogP contribution < -0.4 is 21.7 Å². The molecule has 1 heterocycles. The lowest BCUT2D eigenvalue weighted by Gasteiger charge is -2.18. The fourth-order valence-electron chi connectivity index (χ4n) is 2.76. The van der Waals surface area contributed by atoms with Crippen LogP contribution >= 0.6 is 11.6 Å². The number of amides is 3. The third-order valence-corrected chi connectivity index (χ3v) is 4.53. The number of halogens is 1. The van der Waals surface area contributed by atoms with Crippen LogP contribution in [-0.2, 0) is 20.8 Å². The highest BCUT2D eigenvalue weighted by atomic mass is 35.5. The molecule has 3 rings (SSSR count). The normalized spacial score (nSPS) is 11.4. The Morgan fingerprint density at radius 2 is 1.87 bits per heavy atom. The summed E-state index contributed by atoms with van der Waals surface area (Å²) in [5.74, 6) is -2.43. The van der Waals surface area contributed by atoms with Crippen LogP contribution in [0.1, 0.15) is 5.56 Å². The summed E-state index contributed by atoms with van der Waals surface area (Å²) in [6, 6.07) is 10.5. The van der Waals surface area contributed by atoms with Crippen molar-refractivity contribution in [1.29, 1.82) is 0 Å². The molecule has 160 valence electrons. The summed E-state index contributed by atoms with van der Waals surface area (Å²) in [7, 11) is 1.44. The van der Waals surface area contributed by atoms with E-state index in [4.69, 9.17) is 17.3 Å². The molecule has 0 saturated heterocycles. The van der Waals surface area contributed by atoms with Crippen LogP contribution in [0.25, 0.3) is 5.69 Å². The number of nitrogens with zero attached hydrogens (tertiary/aromatic N) is 4. The van der Waals surface area contributed by atoms with Gasteiger partial charge < -0.3 is 21.7 Å². The first-order chi connectivity index (χ1) is 14.9. The van der Waals surface area contributed by atoms with E-state index >= 15 is 0 Å². The molecule has 0 unspecified atom stereocenters. The minimum Gasteiger partial charge on any atom is -0.399 e. The SMILES string of the molecule is CNC(=O)[C@H](Cc1ccc(N)cc1)NC(=O)C(=O)Nc1cc(Cl)ccc1-n1cnnn1. The highest BCUT2D eigenvalue weighted by Crippen LogP contribution is 2.23. The van der Waals surface area contributed by atoms with Crippen molar-refractivity contribution in [2.24, 2.45) is 0 Å². The average Bonchev–Trinajstić information content (AvgIpc) is 3.28. The molecule has 0 fully saturated rings. The second kappa shape index (κ2) is 9.67. The number of carbonyl (C=O) groups is 3. The predicted molar refractivity (Wildman–Crippen MR) is 113 cm³/mol. The molecule has 0 radical (unpaired) electrons. The number of tetrazole rings is 1. The Kier molecular flexibility index (Phi) is 6.78. The van der Waals surface area contributed by atoms with Crippen molar-refractivity contribution < 1.29 is 14.4 Å². The van der Waals surface area contributed by atoms with Crippen LogP contribution in [0.5, 0.6) is 0 Å². The summed E-state index contributed by atoms with van der Waals surface area (Å²) in [5.41, 5.74) is 7.63. The number of nitrogen functional groups attached to an aromatic ring is 1. The number of benzene rings is 2. The Morgan fingerprint density at radius 3 is 2.52 bits per heavy atom. The van der Waals surface area contributed by atoms with E-state index in [2.05, 4.69) is 31.5 Å². The molecule has 0 aliphatic rings. The molecule has 1 atom stereocenters. The van der Waals surface area contributed by atoms with Crippen molar-refractivity contribution in [3.05, 3.63) is 59.4 Å². The van der Waals surface area contributed by atoms with E-state index < -0.39 is 23.8 Å². The summed E-state index contributed by atoms with van der Waals surface area (Å²) in [6.45, 7) is 0. The molecule has 0 aliphatic heterocycles. The van der Waals surface area contributed by atoms with Gasteiger partial charge in [0, 0.05) is 24.2 Å². The molecular weight excluding hydrogens is 424 g/mol. The molecule has 31 heavy (non-hydrogen) atoms. The van der Waals surface area contributed by atoms with Gasteiger partial charge in [0.15, 0.2) is 0 Å². The van der Waals surface area contributed by atoms with Crippen molar-refractivity contribution in [2.45, 2.75) is 12.5 Å². The van der Waals surface area contributed by atoms with E-state index in [9.17, 15) is 14.4 Å². The zero-order chi connectivity index (χ0) is 22.4. The smallest absolute Gasteiger partial charge is 0.313 e. The third-order valence-electron chi connectivity index (χ3n) is 4.30. The van der Waals surface area contributed by atoms with Crippen molar-refractivity contribution in [3.8, 4) is 5.69 Å². The van der Waals surface area contributed by atoms with Crippen LogP contribution in [0.2, 0.25) is 5.02 Å². The lowest BCUT2D eigenvalue weighted by molar-refractivity contribution is -0.138. The van der Waals surface area contributed by atoms with Gasteiger partial charge in [0.05, 0.1) is 11.4 Å². The van der Waals surface area contributed by atoms with Gasteiger partial charge in [-0.15, -0.1) is 5.10 Å². The summed E-state index contributed by atoms with van der Waals surface area (Å²) in [4.78, 5) is 37.2. The van der Waals surface area contributed by atoms with Crippen LogP contribution in [0.15, 0.2) is 48.8 Å². The van der Waals surface area contributed by atoms with E-state index in [-0.39, 0.29) is 12.1 Å². The molecule has 0 bridgehead atoms. The zero-order valence-electron chi connectivity index (χ0n) is 16.4. The van der Waals surface area contributed by atoms with E-state index in [0.717, 1.165) is 5.56 Å². The minimum absolute atomic E-state index is 0.173. The Morgan fingerprint density at radius 1 is 1.13 bits per heavy atom. The van der Waals surface area contributed by atoms with Crippen LogP contribution in [0.3, 0.4) is 0 Å². The molecule has 3 amide bonds. The van der Waals surface area contributed by atoms with Crippen molar-refractivity contribution >= 4 is 40.7 Å². The number of hydrogen-bond donors (Lipinski definition) is 4. The number of carbonyl (C=O) groups excluding carboxylic acids is 3. The van der Waals surface area contributed by atoms with Gasteiger partial charge in [-0.2, -0.15) is 4.68 Å². The average molecular weight is 443 g/mol. The first-order valence-corrected chi connectivity index (χ1v) is 9.46. The monoisotopic (exact) mass is 442 g/mol. The second-order valence-electron chi connectivity index (χ2n) is 6.46. The van der Waals surface area contributed by atoms with Crippen LogP contribution in [-0.4, -0.2) is 51.0 Å². The molecule has 3 aromatic rings. The number of hydrogen-bond acceptors (Lipinski definition) is 7. The number of rotatable bonds is 6. The van der Waals surface area contributed by atoms with Crippen molar-refractivity contribution in [1.82, 2.24) is 30.8 Å². The van der Waals surface area contributed by atoms with Crippen LogP contribution in [0.4, 0.5) is 11.4 Å². The summed E-state index contributed by atoms with van der Waals surface area (Å²) in [5, 5.41) is 18.6. The maximum Gasteiger partial charge on any atom is 0.313 e. The maximum atomic E-state index is 12.5. The summed E-state index contributed by atoms with van der Waals surface area (Å²) >= 11 is 6.01. The Labute approximate surface area is 181 Å². The Hall–Kier alpha value is -3.99. The quantitative estimate of drug-likeness (QED) is 0.316. The second-order valence-corrected chi connectivity index (χ2v) is 6.89. The van der Waals surface area contributed by atoms with Gasteiger partial charge in [-0.25, -0.2) is 0 Å². The summed E-state index contributed by atoms with van der Waals surface area (Å²) in [6.07, 6.45) is 1.50. The Balaban J connectivity index is 1.74. The maximum absolute atomic E-state index is 12.5. The van der Waals surface area contributed by atoms with Crippen molar-refractivity contribution in [2.75, 3.05) is 18.1 Å².